The van der Waals surface area contributed by atoms with Gasteiger partial charge in [-0.25, -0.2) is 0 Å². The quantitative estimate of drug-likeness (QED) is 0.464. The highest BCUT2D eigenvalue weighted by molar-refractivity contribution is 5.49. The number of fused-ring (bicyclic) bond motifs is 5. The molecule has 0 radical (unpaired) electrons. The fraction of sp³-hybridized carbons (Fsp3) is 0.429. The van der Waals surface area contributed by atoms with Crippen LogP contribution in [0.1, 0.15) is 48.8 Å². The van der Waals surface area contributed by atoms with E-state index in [0.717, 1.165) is 12.8 Å². The lowest BCUT2D eigenvalue weighted by Crippen LogP contribution is -2.35. The van der Waals surface area contributed by atoms with Gasteiger partial charge in [-0.2, -0.15) is 0 Å². The van der Waals surface area contributed by atoms with Gasteiger partial charge in [0.25, 0.3) is 0 Å². The minimum absolute atomic E-state index is 0.222. The summed E-state index contributed by atoms with van der Waals surface area (Å²) in [4.78, 5) is 0. The van der Waals surface area contributed by atoms with Gasteiger partial charge in [-0.1, -0.05) is 54.3 Å². The summed E-state index contributed by atoms with van der Waals surface area (Å²) in [6.45, 7) is 4.58. The molecule has 3 aliphatic carbocycles. The number of hydrogen-bond donors (Lipinski definition) is 0. The normalized spacial score (nSPS) is 33.2. The molecular weight excluding hydrogens is 252 g/mol. The molecule has 0 saturated heterocycles. The second kappa shape index (κ2) is 4.38. The average Bonchev–Trinajstić information content (AvgIpc) is 2.83. The van der Waals surface area contributed by atoms with Crippen molar-refractivity contribution in [1.82, 2.24) is 0 Å². The van der Waals surface area contributed by atoms with E-state index in [4.69, 9.17) is 6.42 Å². The predicted molar refractivity (Wildman–Crippen MR) is 88.1 cm³/mol. The molecule has 21 heavy (non-hydrogen) atoms. The minimum atomic E-state index is 0.222. The second-order valence-corrected chi connectivity index (χ2v) is 7.17. The summed E-state index contributed by atoms with van der Waals surface area (Å²) in [6, 6.07) is 7.01. The van der Waals surface area contributed by atoms with Crippen LogP contribution in [-0.2, 0) is 6.42 Å². The highest BCUT2D eigenvalue weighted by Gasteiger charge is 2.48. The third kappa shape index (κ3) is 1.70. The Bertz CT molecular complexity index is 710. The standard InChI is InChI=1S/C21H22/c1-4-16-7-10-20-19-9-6-15-13-14(2)5-8-17(15)18(19)11-12-21(16,20)3/h1,5,7-9,13,18,20H,6,10-12H2,2-3H3. The van der Waals surface area contributed by atoms with Crippen molar-refractivity contribution in [2.75, 3.05) is 0 Å². The molecule has 3 aliphatic rings. The Hall–Kier alpha value is -1.74. The van der Waals surface area contributed by atoms with Crippen molar-refractivity contribution in [2.24, 2.45) is 11.3 Å². The third-order valence-electron chi connectivity index (χ3n) is 6.09. The first-order chi connectivity index (χ1) is 10.1. The van der Waals surface area contributed by atoms with Crippen LogP contribution in [0.3, 0.4) is 0 Å². The van der Waals surface area contributed by atoms with E-state index in [1.807, 2.05) is 0 Å². The molecule has 1 fully saturated rings. The zero-order chi connectivity index (χ0) is 14.6. The fourth-order valence-corrected chi connectivity index (χ4v) is 4.91. The molecule has 0 aliphatic heterocycles. The number of allylic oxidation sites excluding steroid dienone is 4. The van der Waals surface area contributed by atoms with E-state index in [1.54, 1.807) is 11.1 Å². The van der Waals surface area contributed by atoms with Crippen LogP contribution in [-0.4, -0.2) is 0 Å². The van der Waals surface area contributed by atoms with Crippen molar-refractivity contribution >= 4 is 0 Å². The molecule has 0 N–H and O–H groups in total. The number of terminal acetylenes is 1. The van der Waals surface area contributed by atoms with E-state index in [1.165, 1.54) is 29.5 Å². The molecule has 0 bridgehead atoms. The van der Waals surface area contributed by atoms with Crippen LogP contribution in [0.15, 0.2) is 41.5 Å². The largest absolute Gasteiger partial charge is 0.115 e. The summed E-state index contributed by atoms with van der Waals surface area (Å²) >= 11 is 0. The van der Waals surface area contributed by atoms with Gasteiger partial charge in [0.2, 0.25) is 0 Å². The first-order valence-electron chi connectivity index (χ1n) is 8.10. The van der Waals surface area contributed by atoms with Gasteiger partial charge in [-0.3, -0.25) is 0 Å². The molecule has 3 atom stereocenters. The van der Waals surface area contributed by atoms with Crippen molar-refractivity contribution in [2.45, 2.75) is 45.4 Å². The van der Waals surface area contributed by atoms with Crippen LogP contribution in [0.5, 0.6) is 0 Å². The molecule has 0 amide bonds. The molecule has 0 heteroatoms. The van der Waals surface area contributed by atoms with Gasteiger partial charge in [-0.05, 0) is 49.7 Å². The van der Waals surface area contributed by atoms with Gasteiger partial charge in [0.15, 0.2) is 0 Å². The molecule has 3 unspecified atom stereocenters. The first kappa shape index (κ1) is 13.0. The van der Waals surface area contributed by atoms with Gasteiger partial charge < -0.3 is 0 Å². The van der Waals surface area contributed by atoms with Gasteiger partial charge in [0, 0.05) is 16.9 Å². The van der Waals surface area contributed by atoms with E-state index in [0.29, 0.717) is 11.8 Å². The lowest BCUT2D eigenvalue weighted by atomic mass is 9.58. The molecule has 4 rings (SSSR count). The Morgan fingerprint density at radius 1 is 1.29 bits per heavy atom. The van der Waals surface area contributed by atoms with Crippen molar-refractivity contribution < 1.29 is 0 Å². The van der Waals surface area contributed by atoms with Crippen LogP contribution < -0.4 is 0 Å². The number of hydrogen-bond acceptors (Lipinski definition) is 0. The van der Waals surface area contributed by atoms with E-state index < -0.39 is 0 Å². The minimum Gasteiger partial charge on any atom is -0.115 e. The van der Waals surface area contributed by atoms with Gasteiger partial charge in [0.05, 0.1) is 0 Å². The average molecular weight is 274 g/mol. The van der Waals surface area contributed by atoms with Crippen LogP contribution in [0.25, 0.3) is 0 Å². The number of aryl methyl sites for hydroxylation is 1. The number of benzene rings is 1. The van der Waals surface area contributed by atoms with Crippen molar-refractivity contribution in [3.8, 4) is 12.3 Å². The monoisotopic (exact) mass is 274 g/mol. The Balaban J connectivity index is 1.76. The summed E-state index contributed by atoms with van der Waals surface area (Å²) in [6.07, 6.45) is 15.3. The maximum absolute atomic E-state index is 5.75. The summed E-state index contributed by atoms with van der Waals surface area (Å²) in [5.41, 5.74) is 7.63. The van der Waals surface area contributed by atoms with Crippen LogP contribution in [0, 0.1) is 30.6 Å². The molecular formula is C21H22. The molecule has 1 aromatic carbocycles. The maximum atomic E-state index is 5.75. The van der Waals surface area contributed by atoms with E-state index in [2.05, 4.69) is 50.1 Å². The highest BCUT2D eigenvalue weighted by Crippen LogP contribution is 2.59. The predicted octanol–water partition coefficient (Wildman–Crippen LogP) is 4.94. The number of rotatable bonds is 0. The topological polar surface area (TPSA) is 0 Å². The highest BCUT2D eigenvalue weighted by atomic mass is 14.5. The smallest absolute Gasteiger partial charge is 0.00699 e. The molecule has 1 saturated carbocycles. The Morgan fingerprint density at radius 2 is 2.14 bits per heavy atom. The maximum Gasteiger partial charge on any atom is 0.00699 e. The lowest BCUT2D eigenvalue weighted by Gasteiger charge is -2.45. The van der Waals surface area contributed by atoms with Crippen LogP contribution in [0.2, 0.25) is 0 Å². The molecule has 0 heterocycles. The zero-order valence-corrected chi connectivity index (χ0v) is 12.9. The first-order valence-corrected chi connectivity index (χ1v) is 8.10. The summed E-state index contributed by atoms with van der Waals surface area (Å²) in [7, 11) is 0. The van der Waals surface area contributed by atoms with Crippen molar-refractivity contribution in [3.05, 3.63) is 58.2 Å². The lowest BCUT2D eigenvalue weighted by molar-refractivity contribution is 0.224. The molecule has 0 aromatic heterocycles. The van der Waals surface area contributed by atoms with E-state index in [-0.39, 0.29) is 5.41 Å². The summed E-state index contributed by atoms with van der Waals surface area (Å²) < 4.78 is 0. The molecule has 0 spiro atoms. The van der Waals surface area contributed by atoms with Gasteiger partial charge in [-0.15, -0.1) is 6.42 Å². The Labute approximate surface area is 128 Å². The fourth-order valence-electron chi connectivity index (χ4n) is 4.91. The van der Waals surface area contributed by atoms with Crippen molar-refractivity contribution in [3.63, 3.8) is 0 Å². The van der Waals surface area contributed by atoms with Crippen LogP contribution in [0.4, 0.5) is 0 Å². The SMILES string of the molecule is C#CC1=CCC2C3=CCc4cc(C)ccc4C3CCC12C. The molecule has 0 nitrogen and oxygen atoms in total. The zero-order valence-electron chi connectivity index (χ0n) is 12.9. The summed E-state index contributed by atoms with van der Waals surface area (Å²) in [5, 5.41) is 0. The van der Waals surface area contributed by atoms with Crippen LogP contribution >= 0.6 is 0 Å². The molecule has 106 valence electrons. The van der Waals surface area contributed by atoms with Crippen molar-refractivity contribution in [1.29, 1.82) is 0 Å². The van der Waals surface area contributed by atoms with E-state index in [9.17, 15) is 0 Å². The Kier molecular flexibility index (Phi) is 2.70. The van der Waals surface area contributed by atoms with Gasteiger partial charge in [0.1, 0.15) is 0 Å². The van der Waals surface area contributed by atoms with E-state index >= 15 is 0 Å². The second-order valence-electron chi connectivity index (χ2n) is 7.17. The third-order valence-corrected chi connectivity index (χ3v) is 6.09. The Morgan fingerprint density at radius 3 is 2.95 bits per heavy atom. The molecule has 1 aromatic rings. The summed E-state index contributed by atoms with van der Waals surface area (Å²) in [5.74, 6) is 4.23. The van der Waals surface area contributed by atoms with Gasteiger partial charge >= 0.3 is 0 Å².